The van der Waals surface area contributed by atoms with Gasteiger partial charge in [-0.15, -0.1) is 0 Å². The molecule has 4 aromatic rings. The third kappa shape index (κ3) is 3.32. The van der Waals surface area contributed by atoms with Crippen LogP contribution in [0.2, 0.25) is 5.02 Å². The second-order valence-corrected chi connectivity index (χ2v) is 6.55. The number of carbonyl (C=O) groups is 1. The first-order chi connectivity index (χ1) is 14.0. The summed E-state index contributed by atoms with van der Waals surface area (Å²) in [7, 11) is 0. The molecule has 2 N–H and O–H groups in total. The molecule has 0 saturated heterocycles. The summed E-state index contributed by atoms with van der Waals surface area (Å²) in [5.74, 6) is 0.653. The molecule has 0 bridgehead atoms. The van der Waals surface area contributed by atoms with Crippen LogP contribution in [0.25, 0.3) is 11.3 Å². The maximum Gasteiger partial charge on any atom is 0.269 e. The Balaban J connectivity index is 1.83. The number of halogens is 1. The van der Waals surface area contributed by atoms with Crippen LogP contribution in [0.1, 0.15) is 21.9 Å². The van der Waals surface area contributed by atoms with Crippen molar-refractivity contribution in [3.05, 3.63) is 65.0 Å². The van der Waals surface area contributed by atoms with Crippen LogP contribution in [0.15, 0.2) is 51.9 Å². The van der Waals surface area contributed by atoms with Crippen molar-refractivity contribution in [1.82, 2.24) is 20.3 Å². The topological polar surface area (TPSA) is 124 Å². The lowest BCUT2D eigenvalue weighted by molar-refractivity contribution is 0.0996. The monoisotopic (exact) mass is 410 g/mol. The number of hydrogen-bond donors (Lipinski definition) is 1. The fraction of sp³-hybridized carbons (Fsp3) is 0.105. The van der Waals surface area contributed by atoms with Crippen molar-refractivity contribution in [3.63, 3.8) is 0 Å². The number of aryl methyl sites for hydroxylation is 2. The Labute approximate surface area is 170 Å². The molecule has 0 fully saturated rings. The lowest BCUT2D eigenvalue weighted by Crippen LogP contribution is -2.27. The zero-order valence-corrected chi connectivity index (χ0v) is 16.2. The van der Waals surface area contributed by atoms with Crippen LogP contribution in [-0.2, 0) is 0 Å². The van der Waals surface area contributed by atoms with Crippen LogP contribution < -0.4 is 10.6 Å². The number of nitrogens with zero attached hydrogens (tertiary/aromatic N) is 5. The van der Waals surface area contributed by atoms with E-state index < -0.39 is 5.91 Å². The van der Waals surface area contributed by atoms with Crippen molar-refractivity contribution in [3.8, 4) is 11.3 Å². The lowest BCUT2D eigenvalue weighted by Gasteiger charge is -2.20. The zero-order chi connectivity index (χ0) is 20.5. The molecule has 0 atom stereocenters. The molecule has 3 aromatic heterocycles. The van der Waals surface area contributed by atoms with Gasteiger partial charge < -0.3 is 14.8 Å². The molecule has 0 aliphatic heterocycles. The van der Waals surface area contributed by atoms with E-state index in [0.717, 1.165) is 0 Å². The summed E-state index contributed by atoms with van der Waals surface area (Å²) in [6, 6.07) is 7.15. The van der Waals surface area contributed by atoms with E-state index in [2.05, 4.69) is 20.3 Å². The fourth-order valence-electron chi connectivity index (χ4n) is 2.83. The number of carbonyl (C=O) groups excluding carboxylic acids is 1. The first-order valence-corrected chi connectivity index (χ1v) is 8.89. The molecular weight excluding hydrogens is 396 g/mol. The number of amides is 1. The first-order valence-electron chi connectivity index (χ1n) is 8.51. The van der Waals surface area contributed by atoms with E-state index in [1.165, 1.54) is 23.5 Å². The molecule has 1 aromatic carbocycles. The smallest absolute Gasteiger partial charge is 0.269 e. The number of nitrogens with two attached hydrogens (primary N) is 1. The predicted octanol–water partition coefficient (Wildman–Crippen LogP) is 3.95. The van der Waals surface area contributed by atoms with Crippen molar-refractivity contribution in [2.45, 2.75) is 13.8 Å². The Morgan fingerprint density at radius 1 is 1.07 bits per heavy atom. The van der Waals surface area contributed by atoms with Gasteiger partial charge in [-0.2, -0.15) is 0 Å². The molecule has 4 rings (SSSR count). The zero-order valence-electron chi connectivity index (χ0n) is 15.5. The summed E-state index contributed by atoms with van der Waals surface area (Å²) in [6.45, 7) is 3.32. The van der Waals surface area contributed by atoms with Crippen molar-refractivity contribution < 1.29 is 13.8 Å². The van der Waals surface area contributed by atoms with Crippen molar-refractivity contribution in [2.75, 3.05) is 10.6 Å². The van der Waals surface area contributed by atoms with Crippen molar-refractivity contribution in [1.29, 1.82) is 0 Å². The third-order valence-electron chi connectivity index (χ3n) is 4.30. The van der Waals surface area contributed by atoms with Crippen molar-refractivity contribution >= 4 is 34.8 Å². The number of rotatable bonds is 4. The predicted molar refractivity (Wildman–Crippen MR) is 106 cm³/mol. The third-order valence-corrected chi connectivity index (χ3v) is 4.62. The Kier molecular flexibility index (Phi) is 4.73. The highest BCUT2D eigenvalue weighted by atomic mass is 35.5. The van der Waals surface area contributed by atoms with E-state index in [4.69, 9.17) is 26.4 Å². The molecule has 10 heteroatoms. The maximum atomic E-state index is 13.2. The highest BCUT2D eigenvalue weighted by molar-refractivity contribution is 6.33. The van der Waals surface area contributed by atoms with Gasteiger partial charge in [-0.1, -0.05) is 40.1 Å². The van der Waals surface area contributed by atoms with Gasteiger partial charge in [-0.05, 0) is 19.9 Å². The minimum Gasteiger partial charge on any atom is -0.382 e. The second-order valence-electron chi connectivity index (χ2n) is 6.15. The van der Waals surface area contributed by atoms with Gasteiger partial charge in [0.2, 0.25) is 0 Å². The van der Waals surface area contributed by atoms with Crippen LogP contribution >= 0.6 is 11.6 Å². The Bertz CT molecular complexity index is 1200. The molecule has 3 heterocycles. The van der Waals surface area contributed by atoms with Gasteiger partial charge in [0.05, 0.1) is 23.6 Å². The molecule has 0 unspecified atom stereocenters. The van der Waals surface area contributed by atoms with Gasteiger partial charge in [0, 0.05) is 5.56 Å². The highest BCUT2D eigenvalue weighted by Gasteiger charge is 2.28. The molecule has 1 amide bonds. The molecule has 9 nitrogen and oxygen atoms in total. The van der Waals surface area contributed by atoms with E-state index >= 15 is 0 Å². The lowest BCUT2D eigenvalue weighted by atomic mass is 10.1. The summed E-state index contributed by atoms with van der Waals surface area (Å²) < 4.78 is 10.1. The summed E-state index contributed by atoms with van der Waals surface area (Å²) in [5, 5.41) is 7.91. The van der Waals surface area contributed by atoms with Gasteiger partial charge in [0.1, 0.15) is 22.7 Å². The molecule has 0 spiro atoms. The number of nitrogen functional groups attached to an aromatic ring is 1. The molecule has 0 aliphatic carbocycles. The summed E-state index contributed by atoms with van der Waals surface area (Å²) in [6.07, 6.45) is 4.18. The van der Waals surface area contributed by atoms with E-state index in [1.807, 2.05) is 6.07 Å². The number of aromatic nitrogens is 4. The highest BCUT2D eigenvalue weighted by Crippen LogP contribution is 2.33. The van der Waals surface area contributed by atoms with Crippen LogP contribution in [-0.4, -0.2) is 26.2 Å². The van der Waals surface area contributed by atoms with Crippen LogP contribution in [0.5, 0.6) is 0 Å². The van der Waals surface area contributed by atoms with Crippen LogP contribution in [0.3, 0.4) is 0 Å². The number of hydrogen-bond acceptors (Lipinski definition) is 8. The van der Waals surface area contributed by atoms with E-state index in [0.29, 0.717) is 33.5 Å². The van der Waals surface area contributed by atoms with E-state index in [9.17, 15) is 4.79 Å². The average Bonchev–Trinajstić information content (AvgIpc) is 3.31. The normalized spacial score (nSPS) is 10.9. The minimum absolute atomic E-state index is 0.115. The SMILES string of the molecule is Cc1oncc1C(=O)N(c1cnc(-c2ccccc2Cl)c(N)n1)c1cnoc1C. The standard InChI is InChI=1S/C19H15ClN6O3/c1-10-13(7-23-28-10)19(27)26(15-8-24-29-11(15)2)16-9-22-17(18(21)25-16)12-5-3-4-6-14(12)20/h3-9H,1-2H3,(H2,21,25). The van der Waals surface area contributed by atoms with E-state index in [1.54, 1.807) is 32.0 Å². The van der Waals surface area contributed by atoms with Crippen molar-refractivity contribution in [2.24, 2.45) is 0 Å². The van der Waals surface area contributed by atoms with Gasteiger partial charge in [-0.3, -0.25) is 9.69 Å². The Hall–Kier alpha value is -3.72. The van der Waals surface area contributed by atoms with Crippen LogP contribution in [0.4, 0.5) is 17.3 Å². The van der Waals surface area contributed by atoms with Gasteiger partial charge >= 0.3 is 0 Å². The first kappa shape index (κ1) is 18.6. The largest absolute Gasteiger partial charge is 0.382 e. The molecule has 0 saturated carbocycles. The molecular formula is C19H15ClN6O3. The average molecular weight is 411 g/mol. The number of benzene rings is 1. The quantitative estimate of drug-likeness (QED) is 0.536. The van der Waals surface area contributed by atoms with E-state index in [-0.39, 0.29) is 17.2 Å². The minimum atomic E-state index is -0.436. The number of anilines is 3. The summed E-state index contributed by atoms with van der Waals surface area (Å²) >= 11 is 6.24. The fourth-order valence-corrected chi connectivity index (χ4v) is 3.06. The summed E-state index contributed by atoms with van der Waals surface area (Å²) in [5.41, 5.74) is 7.87. The molecule has 29 heavy (non-hydrogen) atoms. The maximum absolute atomic E-state index is 13.2. The Morgan fingerprint density at radius 2 is 1.79 bits per heavy atom. The van der Waals surface area contributed by atoms with Gasteiger partial charge in [-0.25, -0.2) is 9.97 Å². The molecule has 0 radical (unpaired) electrons. The Morgan fingerprint density at radius 3 is 2.41 bits per heavy atom. The van der Waals surface area contributed by atoms with Gasteiger partial charge in [0.15, 0.2) is 17.4 Å². The molecule has 0 aliphatic rings. The van der Waals surface area contributed by atoms with Crippen LogP contribution in [0, 0.1) is 13.8 Å². The summed E-state index contributed by atoms with van der Waals surface area (Å²) in [4.78, 5) is 23.3. The molecule has 146 valence electrons. The van der Waals surface area contributed by atoms with Gasteiger partial charge in [0.25, 0.3) is 5.91 Å². The second kappa shape index (κ2) is 7.36.